The molecule has 1 amide bonds. The van der Waals surface area contributed by atoms with E-state index in [2.05, 4.69) is 0 Å². The molecule has 3 rings (SSSR count). The third kappa shape index (κ3) is 5.16. The Morgan fingerprint density at radius 2 is 2.00 bits per heavy atom. The van der Waals surface area contributed by atoms with Crippen molar-refractivity contribution in [1.82, 2.24) is 0 Å². The third-order valence-electron chi connectivity index (χ3n) is 3.94. The van der Waals surface area contributed by atoms with Crippen molar-refractivity contribution in [3.8, 4) is 11.5 Å². The van der Waals surface area contributed by atoms with Crippen LogP contribution in [0.5, 0.6) is 11.5 Å². The van der Waals surface area contributed by atoms with Gasteiger partial charge in [0.1, 0.15) is 11.5 Å². The average molecular weight is 430 g/mol. The highest BCUT2D eigenvalue weighted by Crippen LogP contribution is 2.40. The summed E-state index contributed by atoms with van der Waals surface area (Å²) in [5.74, 6) is 0.0000575. The van der Waals surface area contributed by atoms with Crippen LogP contribution < -0.4 is 14.4 Å². The Kier molecular flexibility index (Phi) is 6.90. The Bertz CT molecular complexity index is 973. The number of amides is 1. The van der Waals surface area contributed by atoms with Gasteiger partial charge in [-0.3, -0.25) is 14.5 Å². The van der Waals surface area contributed by atoms with E-state index in [-0.39, 0.29) is 18.9 Å². The van der Waals surface area contributed by atoms with Gasteiger partial charge < -0.3 is 14.6 Å². The van der Waals surface area contributed by atoms with Crippen LogP contribution >= 0.6 is 24.0 Å². The fraction of sp³-hybridized carbons (Fsp3) is 0.190. The molecule has 0 atom stereocenters. The van der Waals surface area contributed by atoms with Crippen molar-refractivity contribution >= 4 is 51.9 Å². The second-order valence-corrected chi connectivity index (χ2v) is 7.66. The highest BCUT2D eigenvalue weighted by atomic mass is 32.2. The maximum Gasteiger partial charge on any atom is 0.306 e. The number of thioether (sulfide) groups is 1. The lowest BCUT2D eigenvalue weighted by Gasteiger charge is -2.18. The van der Waals surface area contributed by atoms with E-state index in [4.69, 9.17) is 26.8 Å². The lowest BCUT2D eigenvalue weighted by Crippen LogP contribution is -2.28. The molecule has 1 aliphatic rings. The highest BCUT2D eigenvalue weighted by Gasteiger charge is 2.34. The zero-order chi connectivity index (χ0) is 20.8. The Hall–Kier alpha value is -2.84. The van der Waals surface area contributed by atoms with Crippen LogP contribution in [0.15, 0.2) is 53.4 Å². The molecule has 2 aromatic carbocycles. The molecule has 0 spiro atoms. The lowest BCUT2D eigenvalue weighted by molar-refractivity contribution is -0.137. The number of carboxylic acid groups (broad SMARTS) is 1. The molecule has 0 aliphatic carbocycles. The largest absolute Gasteiger partial charge is 0.493 e. The van der Waals surface area contributed by atoms with E-state index in [0.717, 1.165) is 5.56 Å². The number of carboxylic acids is 1. The van der Waals surface area contributed by atoms with E-state index in [1.54, 1.807) is 36.4 Å². The van der Waals surface area contributed by atoms with E-state index in [1.807, 2.05) is 25.1 Å². The van der Waals surface area contributed by atoms with E-state index in [9.17, 15) is 9.59 Å². The first-order valence-electron chi connectivity index (χ1n) is 8.94. The topological polar surface area (TPSA) is 76.1 Å². The molecule has 1 heterocycles. The van der Waals surface area contributed by atoms with Crippen LogP contribution in [0.2, 0.25) is 0 Å². The predicted molar refractivity (Wildman–Crippen MR) is 117 cm³/mol. The molecule has 1 fully saturated rings. The summed E-state index contributed by atoms with van der Waals surface area (Å²) in [6.45, 7) is 2.44. The molecular formula is C21H19NO5S2. The summed E-state index contributed by atoms with van der Waals surface area (Å²) in [5, 5.41) is 8.71. The fourth-order valence-electron chi connectivity index (χ4n) is 2.70. The zero-order valence-electron chi connectivity index (χ0n) is 15.7. The van der Waals surface area contributed by atoms with Crippen LogP contribution in [0.4, 0.5) is 5.69 Å². The standard InChI is InChI=1S/C21H19NO5S2/c1-2-26-17-9-4-3-8-16(17)22-20(25)18(29-21(22)28)13-14-6-5-7-15(12-14)27-11-10-19(23)24/h3-9,12-13H,2,10-11H2,1H3,(H,23,24)/b18-13+. The summed E-state index contributed by atoms with van der Waals surface area (Å²) in [6.07, 6.45) is 1.66. The van der Waals surface area contributed by atoms with Crippen LogP contribution in [0.3, 0.4) is 0 Å². The molecule has 1 aliphatic heterocycles. The summed E-state index contributed by atoms with van der Waals surface area (Å²) < 4.78 is 11.5. The van der Waals surface area contributed by atoms with E-state index < -0.39 is 5.97 Å². The van der Waals surface area contributed by atoms with E-state index in [0.29, 0.717) is 33.0 Å². The summed E-state index contributed by atoms with van der Waals surface area (Å²) >= 11 is 6.66. The minimum absolute atomic E-state index is 0.0785. The minimum atomic E-state index is -0.919. The number of benzene rings is 2. The highest BCUT2D eigenvalue weighted by molar-refractivity contribution is 8.27. The number of anilines is 1. The number of para-hydroxylation sites is 2. The summed E-state index contributed by atoms with van der Waals surface area (Å²) in [6, 6.07) is 14.4. The summed E-state index contributed by atoms with van der Waals surface area (Å²) in [7, 11) is 0. The van der Waals surface area contributed by atoms with Crippen LogP contribution in [0.1, 0.15) is 18.9 Å². The van der Waals surface area contributed by atoms with Crippen molar-refractivity contribution in [3.63, 3.8) is 0 Å². The van der Waals surface area contributed by atoms with Crippen molar-refractivity contribution < 1.29 is 24.2 Å². The smallest absolute Gasteiger partial charge is 0.306 e. The quantitative estimate of drug-likeness (QED) is 0.494. The van der Waals surface area contributed by atoms with E-state index in [1.165, 1.54) is 16.7 Å². The molecule has 1 N–H and O–H groups in total. The predicted octanol–water partition coefficient (Wildman–Crippen LogP) is 4.34. The number of carbonyl (C=O) groups is 2. The SMILES string of the molecule is CCOc1ccccc1N1C(=O)/C(=C\c2cccc(OCCC(=O)O)c2)SC1=S. The molecule has 8 heteroatoms. The van der Waals surface area contributed by atoms with Crippen molar-refractivity contribution in [2.75, 3.05) is 18.1 Å². The van der Waals surface area contributed by atoms with Gasteiger partial charge in [-0.2, -0.15) is 0 Å². The first kappa shape index (κ1) is 20.9. The number of rotatable bonds is 8. The molecule has 29 heavy (non-hydrogen) atoms. The van der Waals surface area contributed by atoms with Gasteiger partial charge in [0.15, 0.2) is 4.32 Å². The first-order valence-corrected chi connectivity index (χ1v) is 10.2. The molecular weight excluding hydrogens is 410 g/mol. The Morgan fingerprint density at radius 1 is 1.21 bits per heavy atom. The molecule has 150 valence electrons. The number of carbonyl (C=O) groups excluding carboxylic acids is 1. The molecule has 0 aromatic heterocycles. The summed E-state index contributed by atoms with van der Waals surface area (Å²) in [4.78, 5) is 25.6. The van der Waals surface area contributed by atoms with Crippen molar-refractivity contribution in [1.29, 1.82) is 0 Å². The van der Waals surface area contributed by atoms with Gasteiger partial charge >= 0.3 is 5.97 Å². The zero-order valence-corrected chi connectivity index (χ0v) is 17.3. The maximum absolute atomic E-state index is 13.0. The molecule has 6 nitrogen and oxygen atoms in total. The van der Waals surface area contributed by atoms with Gasteiger partial charge in [0.2, 0.25) is 0 Å². The minimum Gasteiger partial charge on any atom is -0.493 e. The molecule has 0 unspecified atom stereocenters. The van der Waals surface area contributed by atoms with Gasteiger partial charge in [-0.25, -0.2) is 0 Å². The second-order valence-electron chi connectivity index (χ2n) is 5.98. The average Bonchev–Trinajstić information content (AvgIpc) is 2.96. The monoisotopic (exact) mass is 429 g/mol. The number of hydrogen-bond donors (Lipinski definition) is 1. The number of aliphatic carboxylic acids is 1. The van der Waals surface area contributed by atoms with Gasteiger partial charge in [-0.05, 0) is 42.8 Å². The van der Waals surface area contributed by atoms with Crippen molar-refractivity contribution in [2.45, 2.75) is 13.3 Å². The van der Waals surface area contributed by atoms with Crippen LogP contribution in [-0.4, -0.2) is 34.5 Å². The normalized spacial score (nSPS) is 15.1. The molecule has 0 saturated carbocycles. The third-order valence-corrected chi connectivity index (χ3v) is 5.24. The molecule has 2 aromatic rings. The Labute approximate surface area is 178 Å². The van der Waals surface area contributed by atoms with Gasteiger partial charge in [0.05, 0.1) is 30.2 Å². The fourth-order valence-corrected chi connectivity index (χ4v) is 3.98. The van der Waals surface area contributed by atoms with Crippen molar-refractivity contribution in [2.24, 2.45) is 0 Å². The number of thiocarbonyl (C=S) groups is 1. The van der Waals surface area contributed by atoms with Crippen molar-refractivity contribution in [3.05, 3.63) is 59.0 Å². The van der Waals surface area contributed by atoms with Gasteiger partial charge in [0, 0.05) is 0 Å². The number of hydrogen-bond acceptors (Lipinski definition) is 6. The second kappa shape index (κ2) is 9.58. The lowest BCUT2D eigenvalue weighted by atomic mass is 10.2. The number of ether oxygens (including phenoxy) is 2. The van der Waals surface area contributed by atoms with Crippen LogP contribution in [0.25, 0.3) is 6.08 Å². The Morgan fingerprint density at radius 3 is 2.76 bits per heavy atom. The van der Waals surface area contributed by atoms with Gasteiger partial charge in [0.25, 0.3) is 5.91 Å². The van der Waals surface area contributed by atoms with Gasteiger partial charge in [-0.1, -0.05) is 48.2 Å². The van der Waals surface area contributed by atoms with Gasteiger partial charge in [-0.15, -0.1) is 0 Å². The maximum atomic E-state index is 13.0. The molecule has 0 bridgehead atoms. The number of nitrogens with zero attached hydrogens (tertiary/aromatic N) is 1. The first-order chi connectivity index (χ1) is 14.0. The van der Waals surface area contributed by atoms with E-state index >= 15 is 0 Å². The molecule has 1 saturated heterocycles. The summed E-state index contributed by atoms with van der Waals surface area (Å²) in [5.41, 5.74) is 1.38. The van der Waals surface area contributed by atoms with Crippen LogP contribution in [-0.2, 0) is 9.59 Å². The molecule has 0 radical (unpaired) electrons. The van der Waals surface area contributed by atoms with Crippen LogP contribution in [0, 0.1) is 0 Å². The Balaban J connectivity index is 1.81.